The first-order valence-corrected chi connectivity index (χ1v) is 10.1. The van der Waals surface area contributed by atoms with E-state index in [2.05, 4.69) is 0 Å². The lowest BCUT2D eigenvalue weighted by Crippen LogP contribution is -2.14. The third-order valence-electron chi connectivity index (χ3n) is 4.28. The van der Waals surface area contributed by atoms with Gasteiger partial charge in [-0.1, -0.05) is 30.3 Å². The second-order valence-electron chi connectivity index (χ2n) is 6.55. The molecule has 0 radical (unpaired) electrons. The maximum absolute atomic E-state index is 12.6. The van der Waals surface area contributed by atoms with Crippen molar-refractivity contribution in [1.29, 1.82) is 0 Å². The molecule has 0 atom stereocenters. The molecule has 3 rings (SSSR count). The van der Waals surface area contributed by atoms with E-state index in [0.717, 1.165) is 5.75 Å². The maximum atomic E-state index is 12.6. The molecule has 0 aliphatic rings. The van der Waals surface area contributed by atoms with Gasteiger partial charge >= 0.3 is 11.9 Å². The Bertz CT molecular complexity index is 1000. The number of methoxy groups -OCH3 is 1. The SMILES string of the molecule is COCCOC(=O)c1ccc(OC(=O)c2ccccc2OCCOc2ccccc2)cc1. The lowest BCUT2D eigenvalue weighted by atomic mass is 10.2. The van der Waals surface area contributed by atoms with Crippen LogP contribution >= 0.6 is 0 Å². The van der Waals surface area contributed by atoms with Crippen LogP contribution in [0.15, 0.2) is 78.9 Å². The third-order valence-corrected chi connectivity index (χ3v) is 4.28. The number of carbonyl (C=O) groups is 2. The number of carbonyl (C=O) groups excluding carboxylic acids is 2. The number of ether oxygens (including phenoxy) is 5. The summed E-state index contributed by atoms with van der Waals surface area (Å²) in [4.78, 5) is 24.6. The molecule has 0 aliphatic carbocycles. The minimum atomic E-state index is -0.569. The van der Waals surface area contributed by atoms with Crippen molar-refractivity contribution in [3.05, 3.63) is 90.0 Å². The lowest BCUT2D eigenvalue weighted by molar-refractivity contribution is 0.0388. The summed E-state index contributed by atoms with van der Waals surface area (Å²) in [7, 11) is 1.53. The standard InChI is InChI=1S/C25H24O7/c1-28-15-16-31-24(26)19-11-13-21(14-12-19)32-25(27)22-9-5-6-10-23(22)30-18-17-29-20-7-3-2-4-8-20/h2-14H,15-18H2,1H3. The molecule has 0 spiro atoms. The van der Waals surface area contributed by atoms with Crippen LogP contribution in [0.5, 0.6) is 17.2 Å². The summed E-state index contributed by atoms with van der Waals surface area (Å²) in [6, 6.07) is 22.3. The molecule has 0 unspecified atom stereocenters. The third kappa shape index (κ3) is 6.85. The molecule has 0 N–H and O–H groups in total. The van der Waals surface area contributed by atoms with Crippen molar-refractivity contribution in [2.24, 2.45) is 0 Å². The van der Waals surface area contributed by atoms with Crippen LogP contribution in [0.3, 0.4) is 0 Å². The Hall–Kier alpha value is -3.84. The van der Waals surface area contributed by atoms with Gasteiger partial charge in [-0.05, 0) is 48.5 Å². The lowest BCUT2D eigenvalue weighted by Gasteiger charge is -2.12. The van der Waals surface area contributed by atoms with E-state index < -0.39 is 11.9 Å². The zero-order valence-electron chi connectivity index (χ0n) is 17.7. The van der Waals surface area contributed by atoms with E-state index >= 15 is 0 Å². The van der Waals surface area contributed by atoms with Crippen molar-refractivity contribution < 1.29 is 33.3 Å². The topological polar surface area (TPSA) is 80.3 Å². The summed E-state index contributed by atoms with van der Waals surface area (Å²) < 4.78 is 26.6. The molecule has 3 aromatic rings. The summed E-state index contributed by atoms with van der Waals surface area (Å²) in [5, 5.41) is 0. The number of hydrogen-bond donors (Lipinski definition) is 0. The molecule has 32 heavy (non-hydrogen) atoms. The van der Waals surface area contributed by atoms with Gasteiger partial charge in [-0.2, -0.15) is 0 Å². The highest BCUT2D eigenvalue weighted by molar-refractivity contribution is 5.94. The van der Waals surface area contributed by atoms with Gasteiger partial charge in [0, 0.05) is 7.11 Å². The van der Waals surface area contributed by atoms with Crippen molar-refractivity contribution in [1.82, 2.24) is 0 Å². The van der Waals surface area contributed by atoms with Gasteiger partial charge in [-0.25, -0.2) is 9.59 Å². The molecule has 0 heterocycles. The molecule has 166 valence electrons. The van der Waals surface area contributed by atoms with Crippen molar-refractivity contribution >= 4 is 11.9 Å². The number of benzene rings is 3. The summed E-state index contributed by atoms with van der Waals surface area (Å²) in [5.74, 6) is 0.393. The Labute approximate surface area is 186 Å². The fourth-order valence-corrected chi connectivity index (χ4v) is 2.71. The Morgan fingerprint density at radius 3 is 2.09 bits per heavy atom. The number of rotatable bonds is 11. The van der Waals surface area contributed by atoms with Gasteiger partial charge in [0.15, 0.2) is 0 Å². The number of esters is 2. The van der Waals surface area contributed by atoms with Crippen LogP contribution in [0.2, 0.25) is 0 Å². The zero-order valence-corrected chi connectivity index (χ0v) is 17.7. The molecule has 7 nitrogen and oxygen atoms in total. The van der Waals surface area contributed by atoms with Crippen LogP contribution in [0.4, 0.5) is 0 Å². The van der Waals surface area contributed by atoms with Gasteiger partial charge < -0.3 is 23.7 Å². The normalized spacial score (nSPS) is 10.3. The second kappa shape index (κ2) is 12.1. The average Bonchev–Trinajstić information content (AvgIpc) is 2.83. The predicted octanol–water partition coefficient (Wildman–Crippen LogP) is 4.17. The van der Waals surface area contributed by atoms with E-state index in [1.54, 1.807) is 24.3 Å². The molecule has 0 bridgehead atoms. The molecule has 0 amide bonds. The van der Waals surface area contributed by atoms with Gasteiger partial charge in [-0.3, -0.25) is 0 Å². The molecule has 0 aliphatic heterocycles. The van der Waals surface area contributed by atoms with Crippen LogP contribution in [0.25, 0.3) is 0 Å². The highest BCUT2D eigenvalue weighted by Gasteiger charge is 2.15. The molecule has 0 fully saturated rings. The summed E-state index contributed by atoms with van der Waals surface area (Å²) in [5.41, 5.74) is 0.637. The van der Waals surface area contributed by atoms with E-state index in [0.29, 0.717) is 30.3 Å². The fraction of sp³-hybridized carbons (Fsp3) is 0.200. The number of para-hydroxylation sites is 2. The Morgan fingerprint density at radius 2 is 1.34 bits per heavy atom. The predicted molar refractivity (Wildman–Crippen MR) is 117 cm³/mol. The van der Waals surface area contributed by atoms with Crippen LogP contribution in [0.1, 0.15) is 20.7 Å². The van der Waals surface area contributed by atoms with E-state index in [1.807, 2.05) is 30.3 Å². The monoisotopic (exact) mass is 436 g/mol. The van der Waals surface area contributed by atoms with Gasteiger partial charge in [0.2, 0.25) is 0 Å². The van der Waals surface area contributed by atoms with Crippen molar-refractivity contribution in [3.63, 3.8) is 0 Å². The first-order valence-electron chi connectivity index (χ1n) is 10.1. The van der Waals surface area contributed by atoms with Gasteiger partial charge in [0.05, 0.1) is 12.2 Å². The van der Waals surface area contributed by atoms with Crippen molar-refractivity contribution in [3.8, 4) is 17.2 Å². The minimum absolute atomic E-state index is 0.166. The van der Waals surface area contributed by atoms with Crippen molar-refractivity contribution in [2.45, 2.75) is 0 Å². The van der Waals surface area contributed by atoms with Crippen molar-refractivity contribution in [2.75, 3.05) is 33.5 Å². The second-order valence-corrected chi connectivity index (χ2v) is 6.55. The van der Waals surface area contributed by atoms with Crippen LogP contribution in [-0.4, -0.2) is 45.5 Å². The zero-order chi connectivity index (χ0) is 22.6. The quantitative estimate of drug-likeness (QED) is 0.254. The van der Waals surface area contributed by atoms with Crippen LogP contribution in [-0.2, 0) is 9.47 Å². The van der Waals surface area contributed by atoms with E-state index in [9.17, 15) is 9.59 Å². The number of hydrogen-bond acceptors (Lipinski definition) is 7. The molecular weight excluding hydrogens is 412 g/mol. The minimum Gasteiger partial charge on any atom is -0.490 e. The van der Waals surface area contributed by atoms with Gasteiger partial charge in [0.25, 0.3) is 0 Å². The van der Waals surface area contributed by atoms with E-state index in [-0.39, 0.29) is 18.8 Å². The maximum Gasteiger partial charge on any atom is 0.347 e. The Morgan fingerprint density at radius 1 is 0.656 bits per heavy atom. The molecule has 0 saturated heterocycles. The highest BCUT2D eigenvalue weighted by Crippen LogP contribution is 2.21. The van der Waals surface area contributed by atoms with Gasteiger partial charge in [-0.15, -0.1) is 0 Å². The Balaban J connectivity index is 1.54. The summed E-state index contributed by atoms with van der Waals surface area (Å²) in [6.45, 7) is 1.08. The molecule has 7 heteroatoms. The fourth-order valence-electron chi connectivity index (χ4n) is 2.71. The molecule has 0 saturated carbocycles. The summed E-state index contributed by atoms with van der Waals surface area (Å²) in [6.07, 6.45) is 0. The van der Waals surface area contributed by atoms with Crippen LogP contribution in [0, 0.1) is 0 Å². The highest BCUT2D eigenvalue weighted by atomic mass is 16.6. The molecular formula is C25H24O7. The summed E-state index contributed by atoms with van der Waals surface area (Å²) >= 11 is 0. The van der Waals surface area contributed by atoms with E-state index in [1.165, 1.54) is 31.4 Å². The molecule has 3 aromatic carbocycles. The smallest absolute Gasteiger partial charge is 0.347 e. The van der Waals surface area contributed by atoms with E-state index in [4.69, 9.17) is 23.7 Å². The Kier molecular flexibility index (Phi) is 8.65. The largest absolute Gasteiger partial charge is 0.490 e. The first kappa shape index (κ1) is 22.8. The first-order chi connectivity index (χ1) is 15.7. The van der Waals surface area contributed by atoms with Gasteiger partial charge in [0.1, 0.15) is 42.6 Å². The average molecular weight is 436 g/mol. The molecule has 0 aromatic heterocycles. The van der Waals surface area contributed by atoms with Crippen LogP contribution < -0.4 is 14.2 Å².